The Morgan fingerprint density at radius 2 is 1.51 bits per heavy atom. The lowest BCUT2D eigenvalue weighted by Crippen LogP contribution is -2.26. The molecule has 0 spiro atoms. The third kappa shape index (κ3) is 5.26. The van der Waals surface area contributed by atoms with Crippen molar-refractivity contribution in [2.24, 2.45) is 0 Å². The fourth-order valence-electron chi connectivity index (χ4n) is 5.12. The van der Waals surface area contributed by atoms with Gasteiger partial charge in [-0.3, -0.25) is 4.79 Å². The van der Waals surface area contributed by atoms with Crippen molar-refractivity contribution < 1.29 is 14.6 Å². The van der Waals surface area contributed by atoms with Crippen LogP contribution in [0.1, 0.15) is 67.9 Å². The third-order valence-corrected chi connectivity index (χ3v) is 7.79. The van der Waals surface area contributed by atoms with Crippen molar-refractivity contribution in [2.75, 3.05) is 6.61 Å². The van der Waals surface area contributed by atoms with Gasteiger partial charge in [-0.1, -0.05) is 93.6 Å². The third-order valence-electron chi connectivity index (χ3n) is 7.79. The first-order chi connectivity index (χ1) is 16.8. The number of aryl methyl sites for hydroxylation is 1. The summed E-state index contributed by atoms with van der Waals surface area (Å²) in [6.45, 7) is 9.75. The minimum absolute atomic E-state index is 0.0406. The standard InChI is InChI=1S/C32H36O3/c1-5-31(22-35-31)19-18-25-12-17-29(20-23(25)4)32(6-2,7-3)28-15-13-27(14-16-28)26-10-8-24(9-11-26)21-30(33)34/h8-20H,5-7,21-22H2,1-4H3,(H,33,34)/b19-18+. The summed E-state index contributed by atoms with van der Waals surface area (Å²) in [6, 6.07) is 23.6. The molecule has 0 bridgehead atoms. The molecule has 0 amide bonds. The predicted octanol–water partition coefficient (Wildman–Crippen LogP) is 7.59. The number of ether oxygens (including phenoxy) is 1. The van der Waals surface area contributed by atoms with Crippen molar-refractivity contribution in [3.8, 4) is 11.1 Å². The lowest BCUT2D eigenvalue weighted by Gasteiger charge is -2.34. The summed E-state index contributed by atoms with van der Waals surface area (Å²) in [5.74, 6) is -0.807. The van der Waals surface area contributed by atoms with Crippen LogP contribution in [-0.4, -0.2) is 23.3 Å². The first-order valence-corrected chi connectivity index (χ1v) is 12.7. The van der Waals surface area contributed by atoms with Gasteiger partial charge in [-0.15, -0.1) is 0 Å². The average Bonchev–Trinajstić information content (AvgIpc) is 3.66. The summed E-state index contributed by atoms with van der Waals surface area (Å²) in [4.78, 5) is 10.9. The van der Waals surface area contributed by atoms with Crippen LogP contribution < -0.4 is 0 Å². The average molecular weight is 469 g/mol. The maximum atomic E-state index is 10.9. The lowest BCUT2D eigenvalue weighted by molar-refractivity contribution is -0.136. The normalized spacial score (nSPS) is 17.6. The van der Waals surface area contributed by atoms with Gasteiger partial charge in [0.05, 0.1) is 13.0 Å². The summed E-state index contributed by atoms with van der Waals surface area (Å²) in [5, 5.41) is 9.00. The highest BCUT2D eigenvalue weighted by Crippen LogP contribution is 2.40. The highest BCUT2D eigenvalue weighted by Gasteiger charge is 2.39. The molecule has 3 aromatic rings. The monoisotopic (exact) mass is 468 g/mol. The summed E-state index contributed by atoms with van der Waals surface area (Å²) in [7, 11) is 0. The number of carboxylic acid groups (broad SMARTS) is 1. The molecule has 1 aliphatic heterocycles. The first kappa shape index (κ1) is 24.9. The SMILES string of the molecule is CCC1(/C=C/c2ccc(C(CC)(CC)c3ccc(-c4ccc(CC(=O)O)cc4)cc3)cc2C)CO1. The zero-order valence-electron chi connectivity index (χ0n) is 21.3. The molecule has 35 heavy (non-hydrogen) atoms. The molecule has 1 saturated heterocycles. The highest BCUT2D eigenvalue weighted by molar-refractivity contribution is 5.71. The number of epoxide rings is 1. The van der Waals surface area contributed by atoms with Gasteiger partial charge < -0.3 is 9.84 Å². The Morgan fingerprint density at radius 1 is 0.943 bits per heavy atom. The molecule has 3 nitrogen and oxygen atoms in total. The van der Waals surface area contributed by atoms with Crippen LogP contribution in [0.15, 0.2) is 72.8 Å². The van der Waals surface area contributed by atoms with E-state index in [1.54, 1.807) is 0 Å². The second kappa shape index (κ2) is 10.2. The van der Waals surface area contributed by atoms with Crippen molar-refractivity contribution in [1.82, 2.24) is 0 Å². The lowest BCUT2D eigenvalue weighted by atomic mass is 9.70. The summed E-state index contributed by atoms with van der Waals surface area (Å²) >= 11 is 0. The van der Waals surface area contributed by atoms with E-state index in [9.17, 15) is 4.79 Å². The molecule has 4 rings (SSSR count). The van der Waals surface area contributed by atoms with E-state index >= 15 is 0 Å². The van der Waals surface area contributed by atoms with Gasteiger partial charge in [0.15, 0.2) is 0 Å². The molecule has 182 valence electrons. The predicted molar refractivity (Wildman–Crippen MR) is 144 cm³/mol. The Hall–Kier alpha value is -3.17. The van der Waals surface area contributed by atoms with Gasteiger partial charge >= 0.3 is 5.97 Å². The quantitative estimate of drug-likeness (QED) is 0.312. The van der Waals surface area contributed by atoms with Crippen molar-refractivity contribution in [2.45, 2.75) is 64.4 Å². The van der Waals surface area contributed by atoms with E-state index in [1.165, 1.54) is 22.3 Å². The molecule has 1 atom stereocenters. The van der Waals surface area contributed by atoms with E-state index in [0.717, 1.165) is 42.6 Å². The molecule has 0 radical (unpaired) electrons. The van der Waals surface area contributed by atoms with E-state index in [0.29, 0.717) is 0 Å². The van der Waals surface area contributed by atoms with E-state index in [1.807, 2.05) is 24.3 Å². The van der Waals surface area contributed by atoms with Crippen LogP contribution in [0.5, 0.6) is 0 Å². The van der Waals surface area contributed by atoms with Crippen molar-refractivity contribution >= 4 is 12.0 Å². The zero-order valence-corrected chi connectivity index (χ0v) is 21.3. The van der Waals surface area contributed by atoms with Gasteiger partial charge in [0, 0.05) is 5.41 Å². The molecule has 1 N–H and O–H groups in total. The van der Waals surface area contributed by atoms with Crippen LogP contribution in [0.3, 0.4) is 0 Å². The number of rotatable bonds is 10. The van der Waals surface area contributed by atoms with Crippen molar-refractivity contribution in [1.29, 1.82) is 0 Å². The van der Waals surface area contributed by atoms with Crippen LogP contribution in [0.4, 0.5) is 0 Å². The molecule has 1 unspecified atom stereocenters. The number of carboxylic acids is 1. The number of hydrogen-bond acceptors (Lipinski definition) is 2. The van der Waals surface area contributed by atoms with Crippen LogP contribution in [0.25, 0.3) is 17.2 Å². The van der Waals surface area contributed by atoms with Gasteiger partial charge in [0.2, 0.25) is 0 Å². The fraction of sp³-hybridized carbons (Fsp3) is 0.344. The van der Waals surface area contributed by atoms with E-state index in [4.69, 9.17) is 9.84 Å². The first-order valence-electron chi connectivity index (χ1n) is 12.7. The topological polar surface area (TPSA) is 49.8 Å². The Labute approximate surface area is 209 Å². The number of benzene rings is 3. The van der Waals surface area contributed by atoms with Gasteiger partial charge in [-0.25, -0.2) is 0 Å². The second-order valence-corrected chi connectivity index (χ2v) is 9.75. The van der Waals surface area contributed by atoms with Crippen LogP contribution in [0, 0.1) is 6.92 Å². The fourth-order valence-corrected chi connectivity index (χ4v) is 5.12. The number of carbonyl (C=O) groups is 1. The summed E-state index contributed by atoms with van der Waals surface area (Å²) in [5.41, 5.74) is 8.19. The highest BCUT2D eigenvalue weighted by atomic mass is 16.6. The molecule has 1 heterocycles. The van der Waals surface area contributed by atoms with Gasteiger partial charge in [0.25, 0.3) is 0 Å². The maximum Gasteiger partial charge on any atom is 0.307 e. The van der Waals surface area contributed by atoms with Crippen molar-refractivity contribution in [3.63, 3.8) is 0 Å². The largest absolute Gasteiger partial charge is 0.481 e. The molecule has 3 aromatic carbocycles. The van der Waals surface area contributed by atoms with Gasteiger partial charge in [-0.05, 0) is 71.2 Å². The van der Waals surface area contributed by atoms with Gasteiger partial charge in [0.1, 0.15) is 5.60 Å². The molecule has 3 heteroatoms. The minimum atomic E-state index is -0.807. The Morgan fingerprint density at radius 3 is 2.00 bits per heavy atom. The second-order valence-electron chi connectivity index (χ2n) is 9.75. The Kier molecular flexibility index (Phi) is 7.28. The summed E-state index contributed by atoms with van der Waals surface area (Å²) in [6.07, 6.45) is 7.54. The van der Waals surface area contributed by atoms with Crippen LogP contribution in [0.2, 0.25) is 0 Å². The number of hydrogen-bond donors (Lipinski definition) is 1. The van der Waals surface area contributed by atoms with E-state index in [2.05, 4.69) is 82.3 Å². The molecule has 1 aliphatic rings. The van der Waals surface area contributed by atoms with Crippen LogP contribution in [-0.2, 0) is 21.4 Å². The van der Waals surface area contributed by atoms with Gasteiger partial charge in [-0.2, -0.15) is 0 Å². The van der Waals surface area contributed by atoms with Crippen LogP contribution >= 0.6 is 0 Å². The summed E-state index contributed by atoms with van der Waals surface area (Å²) < 4.78 is 5.63. The molecule has 0 aromatic heterocycles. The molecule has 0 saturated carbocycles. The zero-order chi connectivity index (χ0) is 25.1. The molecular formula is C32H36O3. The Balaban J connectivity index is 1.60. The van der Waals surface area contributed by atoms with E-state index in [-0.39, 0.29) is 17.4 Å². The minimum Gasteiger partial charge on any atom is -0.481 e. The molecule has 0 aliphatic carbocycles. The van der Waals surface area contributed by atoms with E-state index < -0.39 is 5.97 Å². The van der Waals surface area contributed by atoms with Crippen molar-refractivity contribution in [3.05, 3.63) is 101 Å². The molecular weight excluding hydrogens is 432 g/mol. The smallest absolute Gasteiger partial charge is 0.307 e. The number of aliphatic carboxylic acids is 1. The Bertz CT molecular complexity index is 1190. The molecule has 1 fully saturated rings. The maximum absolute atomic E-state index is 10.9.